The highest BCUT2D eigenvalue weighted by Crippen LogP contribution is 2.35. The van der Waals surface area contributed by atoms with E-state index in [0.29, 0.717) is 5.56 Å². The van der Waals surface area contributed by atoms with Crippen LogP contribution in [0.1, 0.15) is 27.0 Å². The van der Waals surface area contributed by atoms with Gasteiger partial charge in [-0.05, 0) is 37.3 Å². The number of nitrogens with one attached hydrogen (secondary N) is 1. The van der Waals surface area contributed by atoms with E-state index in [1.807, 2.05) is 6.92 Å². The van der Waals surface area contributed by atoms with Crippen LogP contribution in [-0.4, -0.2) is 49.4 Å². The summed E-state index contributed by atoms with van der Waals surface area (Å²) in [7, 11) is 1.44. The monoisotopic (exact) mass is 430 g/mol. The van der Waals surface area contributed by atoms with E-state index in [4.69, 9.17) is 5.26 Å². The van der Waals surface area contributed by atoms with Crippen LogP contribution in [0.3, 0.4) is 0 Å². The topological polar surface area (TPSA) is 76.4 Å². The molecule has 9 heteroatoms. The average Bonchev–Trinajstić information content (AvgIpc) is 2.77. The first-order chi connectivity index (χ1) is 14.7. The second-order valence-electron chi connectivity index (χ2n) is 7.28. The molecule has 1 unspecified atom stereocenters. The highest BCUT2D eigenvalue weighted by molar-refractivity contribution is 5.98. The molecule has 162 valence electrons. The van der Waals surface area contributed by atoms with E-state index in [-0.39, 0.29) is 31.2 Å². The largest absolute Gasteiger partial charge is 0.417 e. The molecule has 2 aromatic rings. The summed E-state index contributed by atoms with van der Waals surface area (Å²) in [4.78, 5) is 28.6. The van der Waals surface area contributed by atoms with Crippen LogP contribution in [0.2, 0.25) is 0 Å². The molecule has 1 fully saturated rings. The number of alkyl halides is 3. The molecule has 1 atom stereocenters. The number of amides is 2. The maximum atomic E-state index is 13.3. The van der Waals surface area contributed by atoms with Crippen molar-refractivity contribution < 1.29 is 22.8 Å². The Morgan fingerprint density at radius 2 is 1.81 bits per heavy atom. The van der Waals surface area contributed by atoms with Crippen LogP contribution >= 0.6 is 0 Å². The fraction of sp³-hybridized carbons (Fsp3) is 0.318. The molecule has 0 aliphatic carbocycles. The van der Waals surface area contributed by atoms with Gasteiger partial charge in [0, 0.05) is 37.9 Å². The second kappa shape index (κ2) is 8.68. The molecule has 3 rings (SSSR count). The summed E-state index contributed by atoms with van der Waals surface area (Å²) < 4.78 is 40.0. The number of benzene rings is 2. The quantitative estimate of drug-likeness (QED) is 0.813. The van der Waals surface area contributed by atoms with Crippen LogP contribution in [0.15, 0.2) is 42.5 Å². The van der Waals surface area contributed by atoms with Crippen molar-refractivity contribution in [3.8, 4) is 6.07 Å². The highest BCUT2D eigenvalue weighted by atomic mass is 19.4. The molecule has 1 aliphatic heterocycles. The maximum Gasteiger partial charge on any atom is 0.417 e. The summed E-state index contributed by atoms with van der Waals surface area (Å²) in [5.74, 6) is -0.723. The fourth-order valence-corrected chi connectivity index (χ4v) is 3.57. The molecule has 2 amide bonds. The predicted octanol–water partition coefficient (Wildman–Crippen LogP) is 2.96. The summed E-state index contributed by atoms with van der Waals surface area (Å²) in [5.41, 5.74) is 0.174. The molecule has 2 aromatic carbocycles. The van der Waals surface area contributed by atoms with Gasteiger partial charge in [0.25, 0.3) is 5.91 Å². The number of carbonyl (C=O) groups is 2. The van der Waals surface area contributed by atoms with Gasteiger partial charge in [0.2, 0.25) is 5.91 Å². The summed E-state index contributed by atoms with van der Waals surface area (Å²) in [6.45, 7) is 2.33. The number of hydrogen-bond donors (Lipinski definition) is 1. The Morgan fingerprint density at radius 3 is 2.39 bits per heavy atom. The van der Waals surface area contributed by atoms with Crippen molar-refractivity contribution in [3.05, 3.63) is 64.7 Å². The Bertz CT molecular complexity index is 1030. The fourth-order valence-electron chi connectivity index (χ4n) is 3.57. The third-order valence-corrected chi connectivity index (χ3v) is 5.28. The van der Waals surface area contributed by atoms with Crippen LogP contribution in [0.4, 0.5) is 18.9 Å². The molecule has 31 heavy (non-hydrogen) atoms. The molecule has 0 spiro atoms. The van der Waals surface area contributed by atoms with Crippen molar-refractivity contribution in [2.75, 3.05) is 31.6 Å². The lowest BCUT2D eigenvalue weighted by molar-refractivity contribution is -0.137. The molecule has 6 nitrogen and oxygen atoms in total. The Labute approximate surface area is 177 Å². The third-order valence-electron chi connectivity index (χ3n) is 5.28. The lowest BCUT2D eigenvalue weighted by Gasteiger charge is -2.41. The first-order valence-electron chi connectivity index (χ1n) is 9.61. The number of nitrogens with zero attached hydrogens (tertiary/aromatic N) is 3. The Hall–Kier alpha value is -3.54. The summed E-state index contributed by atoms with van der Waals surface area (Å²) in [6.07, 6.45) is -4.68. The molecule has 0 aromatic heterocycles. The van der Waals surface area contributed by atoms with Crippen LogP contribution in [-0.2, 0) is 11.0 Å². The number of likely N-dealkylation sites (N-methyl/N-ethyl adjacent to an activating group) is 1. The van der Waals surface area contributed by atoms with E-state index in [2.05, 4.69) is 5.32 Å². The first-order valence-corrected chi connectivity index (χ1v) is 9.61. The van der Waals surface area contributed by atoms with Gasteiger partial charge in [0.05, 0.1) is 17.2 Å². The number of anilines is 1. The van der Waals surface area contributed by atoms with Gasteiger partial charge in [-0.2, -0.15) is 18.4 Å². The zero-order chi connectivity index (χ0) is 22.8. The smallest absolute Gasteiger partial charge is 0.367 e. The summed E-state index contributed by atoms with van der Waals surface area (Å²) >= 11 is 0. The lowest BCUT2D eigenvalue weighted by atomic mass is 10.0. The Kier molecular flexibility index (Phi) is 6.20. The van der Waals surface area contributed by atoms with Gasteiger partial charge >= 0.3 is 6.18 Å². The number of rotatable bonds is 3. The van der Waals surface area contributed by atoms with Crippen molar-refractivity contribution in [2.24, 2.45) is 0 Å². The molecule has 0 saturated carbocycles. The number of aryl methyl sites for hydroxylation is 1. The molecular formula is C22H21F3N4O2. The van der Waals surface area contributed by atoms with Gasteiger partial charge in [-0.25, -0.2) is 0 Å². The second-order valence-corrected chi connectivity index (χ2v) is 7.28. The van der Waals surface area contributed by atoms with Gasteiger partial charge < -0.3 is 15.1 Å². The molecule has 1 aliphatic rings. The van der Waals surface area contributed by atoms with Crippen molar-refractivity contribution in [2.45, 2.75) is 19.1 Å². The SMILES string of the molecule is CNC(=O)C1CN(c2ccc(C#N)c(C(F)(F)F)c2)CCN1C(=O)c1ccc(C)cc1. The van der Waals surface area contributed by atoms with Crippen LogP contribution < -0.4 is 10.2 Å². The zero-order valence-electron chi connectivity index (χ0n) is 17.0. The molecule has 0 radical (unpaired) electrons. The zero-order valence-corrected chi connectivity index (χ0v) is 17.0. The number of carbonyl (C=O) groups excluding carboxylic acids is 2. The minimum absolute atomic E-state index is 0.0282. The molecule has 0 bridgehead atoms. The Balaban J connectivity index is 1.90. The molecular weight excluding hydrogens is 409 g/mol. The molecule has 1 N–H and O–H groups in total. The van der Waals surface area contributed by atoms with Crippen LogP contribution in [0, 0.1) is 18.3 Å². The van der Waals surface area contributed by atoms with E-state index in [9.17, 15) is 22.8 Å². The normalized spacial score (nSPS) is 16.6. The van der Waals surface area contributed by atoms with E-state index < -0.39 is 29.3 Å². The van der Waals surface area contributed by atoms with Gasteiger partial charge in [0.1, 0.15) is 6.04 Å². The van der Waals surface area contributed by atoms with Gasteiger partial charge in [-0.1, -0.05) is 17.7 Å². The van der Waals surface area contributed by atoms with E-state index in [0.717, 1.165) is 17.7 Å². The van der Waals surface area contributed by atoms with E-state index >= 15 is 0 Å². The van der Waals surface area contributed by atoms with Crippen LogP contribution in [0.5, 0.6) is 0 Å². The number of halogens is 3. The Morgan fingerprint density at radius 1 is 1.13 bits per heavy atom. The summed E-state index contributed by atoms with van der Waals surface area (Å²) in [6, 6.07) is 11.1. The molecule has 1 saturated heterocycles. The van der Waals surface area contributed by atoms with E-state index in [1.165, 1.54) is 18.0 Å². The first kappa shape index (κ1) is 22.2. The van der Waals surface area contributed by atoms with Gasteiger partial charge in [-0.15, -0.1) is 0 Å². The van der Waals surface area contributed by atoms with E-state index in [1.54, 1.807) is 35.2 Å². The predicted molar refractivity (Wildman–Crippen MR) is 108 cm³/mol. The third kappa shape index (κ3) is 4.63. The van der Waals surface area contributed by atoms with Gasteiger partial charge in [0.15, 0.2) is 0 Å². The highest BCUT2D eigenvalue weighted by Gasteiger charge is 2.37. The minimum atomic E-state index is -4.68. The van der Waals surface area contributed by atoms with Crippen molar-refractivity contribution in [3.63, 3.8) is 0 Å². The number of nitriles is 1. The molecule has 1 heterocycles. The lowest BCUT2D eigenvalue weighted by Crippen LogP contribution is -2.60. The number of hydrogen-bond acceptors (Lipinski definition) is 4. The van der Waals surface area contributed by atoms with Crippen LogP contribution in [0.25, 0.3) is 0 Å². The maximum absolute atomic E-state index is 13.3. The number of piperazine rings is 1. The average molecular weight is 430 g/mol. The standard InChI is InChI=1S/C22H21F3N4O2/c1-14-3-5-15(6-4-14)21(31)29-10-9-28(13-19(29)20(30)27-2)17-8-7-16(12-26)18(11-17)22(23,24)25/h3-8,11,19H,9-10,13H2,1-2H3,(H,27,30). The van der Waals surface area contributed by atoms with Crippen molar-refractivity contribution in [1.82, 2.24) is 10.2 Å². The van der Waals surface area contributed by atoms with Crippen molar-refractivity contribution >= 4 is 17.5 Å². The summed E-state index contributed by atoms with van der Waals surface area (Å²) in [5, 5.41) is 11.5. The van der Waals surface area contributed by atoms with Gasteiger partial charge in [-0.3, -0.25) is 9.59 Å². The van der Waals surface area contributed by atoms with Crippen molar-refractivity contribution in [1.29, 1.82) is 5.26 Å². The minimum Gasteiger partial charge on any atom is -0.367 e.